The zero-order valence-electron chi connectivity index (χ0n) is 11.2. The Kier molecular flexibility index (Phi) is 3.69. The summed E-state index contributed by atoms with van der Waals surface area (Å²) in [6, 6.07) is 1.61. The molecule has 102 valence electrons. The van der Waals surface area contributed by atoms with Crippen molar-refractivity contribution in [3.05, 3.63) is 23.5 Å². The Morgan fingerprint density at radius 1 is 1.42 bits per heavy atom. The SMILES string of the molecule is Cc1ncc(N)cc1C(=O)N1CCCN(C)C(=O)C1. The summed E-state index contributed by atoms with van der Waals surface area (Å²) in [5, 5.41) is 0. The first kappa shape index (κ1) is 13.3. The van der Waals surface area contributed by atoms with Gasteiger partial charge >= 0.3 is 0 Å². The molecule has 2 heterocycles. The first-order valence-corrected chi connectivity index (χ1v) is 6.24. The summed E-state index contributed by atoms with van der Waals surface area (Å²) >= 11 is 0. The Hall–Kier alpha value is -2.11. The van der Waals surface area contributed by atoms with Gasteiger partial charge in [0, 0.05) is 20.1 Å². The second kappa shape index (κ2) is 5.26. The van der Waals surface area contributed by atoms with Gasteiger partial charge in [-0.25, -0.2) is 0 Å². The number of nitrogens with zero attached hydrogens (tertiary/aromatic N) is 3. The molecule has 0 aromatic carbocycles. The molecule has 0 spiro atoms. The summed E-state index contributed by atoms with van der Waals surface area (Å²) < 4.78 is 0. The zero-order valence-corrected chi connectivity index (χ0v) is 11.2. The van der Waals surface area contributed by atoms with Crippen LogP contribution in [-0.2, 0) is 4.79 Å². The number of nitrogens with two attached hydrogens (primary N) is 1. The molecule has 0 radical (unpaired) electrons. The van der Waals surface area contributed by atoms with Crippen molar-refractivity contribution >= 4 is 17.5 Å². The molecule has 0 aliphatic carbocycles. The number of nitrogen functional groups attached to an aromatic ring is 1. The Labute approximate surface area is 112 Å². The number of carbonyl (C=O) groups is 2. The number of carbonyl (C=O) groups excluding carboxylic acids is 2. The molecule has 2 N–H and O–H groups in total. The maximum atomic E-state index is 12.4. The molecule has 19 heavy (non-hydrogen) atoms. The van der Waals surface area contributed by atoms with Crippen LogP contribution in [-0.4, -0.2) is 53.3 Å². The molecule has 2 rings (SSSR count). The molecule has 0 atom stereocenters. The first-order chi connectivity index (χ1) is 8.99. The van der Waals surface area contributed by atoms with Crippen LogP contribution in [0, 0.1) is 6.92 Å². The van der Waals surface area contributed by atoms with Crippen LogP contribution in [0.2, 0.25) is 0 Å². The standard InChI is InChI=1S/C13H18N4O2/c1-9-11(6-10(14)7-15-9)13(19)17-5-3-4-16(2)12(18)8-17/h6-7H,3-5,8,14H2,1-2H3. The van der Waals surface area contributed by atoms with Gasteiger partial charge in [-0.3, -0.25) is 14.6 Å². The minimum Gasteiger partial charge on any atom is -0.397 e. The number of hydrogen-bond acceptors (Lipinski definition) is 4. The van der Waals surface area contributed by atoms with E-state index in [9.17, 15) is 9.59 Å². The molecule has 1 aromatic rings. The second-order valence-corrected chi connectivity index (χ2v) is 4.80. The summed E-state index contributed by atoms with van der Waals surface area (Å²) in [4.78, 5) is 31.5. The molecule has 1 aromatic heterocycles. The van der Waals surface area contributed by atoms with Gasteiger partial charge in [-0.15, -0.1) is 0 Å². The highest BCUT2D eigenvalue weighted by Crippen LogP contribution is 2.14. The van der Waals surface area contributed by atoms with Crippen LogP contribution < -0.4 is 5.73 Å². The largest absolute Gasteiger partial charge is 0.397 e. The predicted octanol–water partition coefficient (Wildman–Crippen LogP) is 0.277. The smallest absolute Gasteiger partial charge is 0.256 e. The molecule has 0 unspecified atom stereocenters. The van der Waals surface area contributed by atoms with E-state index in [0.717, 1.165) is 6.42 Å². The van der Waals surface area contributed by atoms with E-state index in [2.05, 4.69) is 4.98 Å². The number of hydrogen-bond donors (Lipinski definition) is 1. The maximum Gasteiger partial charge on any atom is 0.256 e. The van der Waals surface area contributed by atoms with E-state index < -0.39 is 0 Å². The molecule has 6 heteroatoms. The fourth-order valence-electron chi connectivity index (χ4n) is 2.10. The topological polar surface area (TPSA) is 79.5 Å². The number of aromatic nitrogens is 1. The third kappa shape index (κ3) is 2.83. The molecule has 0 bridgehead atoms. The van der Waals surface area contributed by atoms with Crippen molar-refractivity contribution in [1.29, 1.82) is 0 Å². The van der Waals surface area contributed by atoms with Crippen LogP contribution in [0.5, 0.6) is 0 Å². The van der Waals surface area contributed by atoms with Crippen LogP contribution in [0.25, 0.3) is 0 Å². The summed E-state index contributed by atoms with van der Waals surface area (Å²) in [6.45, 7) is 3.13. The van der Waals surface area contributed by atoms with E-state index in [1.165, 1.54) is 6.20 Å². The molecule has 2 amide bonds. The lowest BCUT2D eigenvalue weighted by molar-refractivity contribution is -0.129. The lowest BCUT2D eigenvalue weighted by atomic mass is 10.1. The quantitative estimate of drug-likeness (QED) is 0.788. The zero-order chi connectivity index (χ0) is 14.0. The highest BCUT2D eigenvalue weighted by Gasteiger charge is 2.24. The fourth-order valence-corrected chi connectivity index (χ4v) is 2.10. The average molecular weight is 262 g/mol. The molecule has 1 aliphatic rings. The highest BCUT2D eigenvalue weighted by atomic mass is 16.2. The van der Waals surface area contributed by atoms with E-state index >= 15 is 0 Å². The Balaban J connectivity index is 2.23. The number of rotatable bonds is 1. The van der Waals surface area contributed by atoms with Gasteiger partial charge in [0.1, 0.15) is 6.54 Å². The van der Waals surface area contributed by atoms with Gasteiger partial charge in [0.2, 0.25) is 5.91 Å². The van der Waals surface area contributed by atoms with E-state index in [-0.39, 0.29) is 18.4 Å². The van der Waals surface area contributed by atoms with Gasteiger partial charge in [0.15, 0.2) is 0 Å². The Morgan fingerprint density at radius 2 is 2.16 bits per heavy atom. The van der Waals surface area contributed by atoms with Crippen LogP contribution >= 0.6 is 0 Å². The lowest BCUT2D eigenvalue weighted by Crippen LogP contribution is -2.38. The van der Waals surface area contributed by atoms with Crippen molar-refractivity contribution in [3.8, 4) is 0 Å². The number of anilines is 1. The van der Waals surface area contributed by atoms with E-state index in [0.29, 0.717) is 30.0 Å². The average Bonchev–Trinajstić information content (AvgIpc) is 2.54. The van der Waals surface area contributed by atoms with Crippen molar-refractivity contribution in [2.75, 3.05) is 32.4 Å². The molecule has 0 saturated carbocycles. The van der Waals surface area contributed by atoms with Crippen LogP contribution in [0.4, 0.5) is 5.69 Å². The molecule has 1 fully saturated rings. The van der Waals surface area contributed by atoms with Gasteiger partial charge in [0.25, 0.3) is 5.91 Å². The van der Waals surface area contributed by atoms with E-state index in [1.54, 1.807) is 29.8 Å². The predicted molar refractivity (Wildman–Crippen MR) is 71.5 cm³/mol. The van der Waals surface area contributed by atoms with Crippen molar-refractivity contribution in [1.82, 2.24) is 14.8 Å². The van der Waals surface area contributed by atoms with Gasteiger partial charge < -0.3 is 15.5 Å². The normalized spacial score (nSPS) is 16.4. The molecular weight excluding hydrogens is 244 g/mol. The minimum absolute atomic E-state index is 0.0413. The molecule has 6 nitrogen and oxygen atoms in total. The minimum atomic E-state index is -0.180. The van der Waals surface area contributed by atoms with Gasteiger partial charge in [0.05, 0.1) is 23.1 Å². The number of amides is 2. The number of pyridine rings is 1. The molecular formula is C13H18N4O2. The summed E-state index contributed by atoms with van der Waals surface area (Å²) in [6.07, 6.45) is 2.30. The third-order valence-corrected chi connectivity index (χ3v) is 3.30. The van der Waals surface area contributed by atoms with Crippen molar-refractivity contribution in [2.24, 2.45) is 0 Å². The number of aryl methyl sites for hydroxylation is 1. The molecule has 1 saturated heterocycles. The lowest BCUT2D eigenvalue weighted by Gasteiger charge is -2.20. The van der Waals surface area contributed by atoms with Gasteiger partial charge in [-0.2, -0.15) is 0 Å². The first-order valence-electron chi connectivity index (χ1n) is 6.24. The van der Waals surface area contributed by atoms with E-state index in [1.807, 2.05) is 0 Å². The summed E-state index contributed by atoms with van der Waals surface area (Å²) in [5.41, 5.74) is 7.22. The second-order valence-electron chi connectivity index (χ2n) is 4.80. The van der Waals surface area contributed by atoms with Gasteiger partial charge in [-0.05, 0) is 19.4 Å². The molecule has 1 aliphatic heterocycles. The van der Waals surface area contributed by atoms with Crippen LogP contribution in [0.15, 0.2) is 12.3 Å². The summed E-state index contributed by atoms with van der Waals surface area (Å²) in [7, 11) is 1.75. The monoisotopic (exact) mass is 262 g/mol. The summed E-state index contributed by atoms with van der Waals surface area (Å²) in [5.74, 6) is -0.221. The Morgan fingerprint density at radius 3 is 2.89 bits per heavy atom. The number of likely N-dealkylation sites (N-methyl/N-ethyl adjacent to an activating group) is 1. The third-order valence-electron chi connectivity index (χ3n) is 3.30. The highest BCUT2D eigenvalue weighted by molar-refractivity contribution is 5.98. The van der Waals surface area contributed by atoms with Crippen molar-refractivity contribution in [2.45, 2.75) is 13.3 Å². The van der Waals surface area contributed by atoms with E-state index in [4.69, 9.17) is 5.73 Å². The van der Waals surface area contributed by atoms with Crippen LogP contribution in [0.1, 0.15) is 22.5 Å². The Bertz CT molecular complexity index is 515. The van der Waals surface area contributed by atoms with Crippen molar-refractivity contribution < 1.29 is 9.59 Å². The van der Waals surface area contributed by atoms with Gasteiger partial charge in [-0.1, -0.05) is 0 Å². The van der Waals surface area contributed by atoms with Crippen molar-refractivity contribution in [3.63, 3.8) is 0 Å². The fraction of sp³-hybridized carbons (Fsp3) is 0.462. The maximum absolute atomic E-state index is 12.4. The van der Waals surface area contributed by atoms with Crippen LogP contribution in [0.3, 0.4) is 0 Å².